The maximum atomic E-state index is 11.1. The molecule has 0 aliphatic carbocycles. The highest BCUT2D eigenvalue weighted by atomic mass is 35.5. The van der Waals surface area contributed by atoms with Crippen molar-refractivity contribution in [1.29, 1.82) is 0 Å². The predicted octanol–water partition coefficient (Wildman–Crippen LogP) is 1.20. The Morgan fingerprint density at radius 1 is 1.47 bits per heavy atom. The van der Waals surface area contributed by atoms with Gasteiger partial charge >= 0.3 is 5.69 Å². The maximum Gasteiger partial charge on any atom is 0.308 e. The largest absolute Gasteiger partial charge is 0.308 e. The molecule has 8 heteroatoms. The van der Waals surface area contributed by atoms with E-state index in [0.29, 0.717) is 0 Å². The molecule has 0 saturated carbocycles. The second-order valence-corrected chi connectivity index (χ2v) is 4.75. The van der Waals surface area contributed by atoms with Crippen molar-refractivity contribution >= 4 is 27.3 Å². The summed E-state index contributed by atoms with van der Waals surface area (Å²) in [4.78, 5) is 9.23. The number of nitro groups is 1. The molecule has 2 N–H and O–H groups in total. The van der Waals surface area contributed by atoms with E-state index in [1.165, 1.54) is 19.1 Å². The number of primary sulfonamides is 1. The lowest BCUT2D eigenvalue weighted by molar-refractivity contribution is -0.387. The van der Waals surface area contributed by atoms with E-state index in [1.807, 2.05) is 0 Å². The van der Waals surface area contributed by atoms with Crippen LogP contribution in [0.1, 0.15) is 5.56 Å². The van der Waals surface area contributed by atoms with Gasteiger partial charge in [-0.2, -0.15) is 0 Å². The van der Waals surface area contributed by atoms with Crippen LogP contribution in [0.2, 0.25) is 5.02 Å². The third kappa shape index (κ3) is 2.25. The number of nitro benzene ring substituents is 1. The first-order valence-corrected chi connectivity index (χ1v) is 5.64. The fraction of sp³-hybridized carbons (Fsp3) is 0.143. The summed E-state index contributed by atoms with van der Waals surface area (Å²) in [5, 5.41) is 15.3. The molecule has 82 valence electrons. The van der Waals surface area contributed by atoms with Crippen molar-refractivity contribution in [2.45, 2.75) is 11.8 Å². The van der Waals surface area contributed by atoms with Crippen LogP contribution >= 0.6 is 11.6 Å². The van der Waals surface area contributed by atoms with Crippen LogP contribution in [0.3, 0.4) is 0 Å². The summed E-state index contributed by atoms with van der Waals surface area (Å²) in [6, 6.07) is 2.61. The number of aryl methyl sites for hydroxylation is 1. The van der Waals surface area contributed by atoms with Gasteiger partial charge in [0.1, 0.15) is 5.02 Å². The van der Waals surface area contributed by atoms with E-state index in [9.17, 15) is 18.5 Å². The lowest BCUT2D eigenvalue weighted by atomic mass is 10.2. The normalized spacial score (nSPS) is 11.4. The quantitative estimate of drug-likeness (QED) is 0.629. The van der Waals surface area contributed by atoms with Crippen LogP contribution in [0, 0.1) is 17.0 Å². The number of benzene rings is 1. The third-order valence-electron chi connectivity index (χ3n) is 1.75. The summed E-state index contributed by atoms with van der Waals surface area (Å²) in [5.74, 6) is 0. The summed E-state index contributed by atoms with van der Waals surface area (Å²) in [6.07, 6.45) is 0. The highest BCUT2D eigenvalue weighted by molar-refractivity contribution is 7.89. The minimum atomic E-state index is -4.16. The van der Waals surface area contributed by atoms with E-state index < -0.39 is 25.5 Å². The number of sulfonamides is 1. The van der Waals surface area contributed by atoms with Gasteiger partial charge < -0.3 is 0 Å². The van der Waals surface area contributed by atoms with Crippen molar-refractivity contribution < 1.29 is 13.3 Å². The highest BCUT2D eigenvalue weighted by Gasteiger charge is 2.28. The molecule has 0 spiro atoms. The topological polar surface area (TPSA) is 103 Å². The van der Waals surface area contributed by atoms with Gasteiger partial charge in [0.15, 0.2) is 4.90 Å². The van der Waals surface area contributed by atoms with Gasteiger partial charge in [-0.25, -0.2) is 13.6 Å². The van der Waals surface area contributed by atoms with Crippen molar-refractivity contribution in [2.75, 3.05) is 0 Å². The van der Waals surface area contributed by atoms with Crippen molar-refractivity contribution in [2.24, 2.45) is 5.14 Å². The molecule has 0 atom stereocenters. The molecule has 15 heavy (non-hydrogen) atoms. The molecule has 0 aliphatic heterocycles. The van der Waals surface area contributed by atoms with Crippen molar-refractivity contribution in [3.8, 4) is 0 Å². The Hall–Kier alpha value is -1.18. The lowest BCUT2D eigenvalue weighted by Crippen LogP contribution is -2.16. The third-order valence-corrected chi connectivity index (χ3v) is 3.14. The molecule has 0 saturated heterocycles. The average molecular weight is 251 g/mol. The smallest absolute Gasteiger partial charge is 0.258 e. The second-order valence-electron chi connectivity index (χ2n) is 2.84. The van der Waals surface area contributed by atoms with Gasteiger partial charge in [-0.3, -0.25) is 10.1 Å². The van der Waals surface area contributed by atoms with Crippen LogP contribution < -0.4 is 5.14 Å². The molecule has 0 unspecified atom stereocenters. The van der Waals surface area contributed by atoms with E-state index in [2.05, 4.69) is 0 Å². The predicted molar refractivity (Wildman–Crippen MR) is 54.2 cm³/mol. The monoisotopic (exact) mass is 250 g/mol. The van der Waals surface area contributed by atoms with Crippen LogP contribution in [0.4, 0.5) is 5.69 Å². The fourth-order valence-corrected chi connectivity index (χ4v) is 2.43. The van der Waals surface area contributed by atoms with Crippen LogP contribution in [0.25, 0.3) is 0 Å². The zero-order valence-corrected chi connectivity index (χ0v) is 9.17. The number of nitrogens with two attached hydrogens (primary N) is 1. The molecule has 1 aromatic carbocycles. The molecule has 0 amide bonds. The Labute approximate surface area is 90.9 Å². The molecular weight excluding hydrogens is 244 g/mol. The molecule has 1 aromatic rings. The Bertz CT molecular complexity index is 526. The highest BCUT2D eigenvalue weighted by Crippen LogP contribution is 2.33. The molecular formula is C7H7ClN2O4S. The first-order chi connectivity index (χ1) is 6.75. The van der Waals surface area contributed by atoms with Gasteiger partial charge in [0.2, 0.25) is 10.0 Å². The Kier molecular flexibility index (Phi) is 2.98. The van der Waals surface area contributed by atoms with E-state index in [-0.39, 0.29) is 10.6 Å². The molecule has 0 aromatic heterocycles. The number of hydrogen-bond donors (Lipinski definition) is 1. The number of nitrogens with zero attached hydrogens (tertiary/aromatic N) is 1. The zero-order valence-electron chi connectivity index (χ0n) is 7.60. The standard InChI is InChI=1S/C7H7ClN2O4S/c1-4-2-3-5(8)6(10(11)12)7(4)15(9,13)14/h2-3H,1H3,(H2,9,13,14). The molecule has 0 fully saturated rings. The Morgan fingerprint density at radius 3 is 2.33 bits per heavy atom. The molecule has 1 rings (SSSR count). The van der Waals surface area contributed by atoms with Gasteiger partial charge in [-0.1, -0.05) is 17.7 Å². The molecule has 0 bridgehead atoms. The van der Waals surface area contributed by atoms with Gasteiger partial charge in [0.05, 0.1) is 4.92 Å². The number of rotatable bonds is 2. The average Bonchev–Trinajstić information content (AvgIpc) is 2.05. The molecule has 0 radical (unpaired) electrons. The van der Waals surface area contributed by atoms with Crippen LogP contribution in [0.5, 0.6) is 0 Å². The van der Waals surface area contributed by atoms with Crippen molar-refractivity contribution in [1.82, 2.24) is 0 Å². The van der Waals surface area contributed by atoms with E-state index in [1.54, 1.807) is 0 Å². The molecule has 0 heterocycles. The van der Waals surface area contributed by atoms with Crippen LogP contribution in [0.15, 0.2) is 17.0 Å². The summed E-state index contributed by atoms with van der Waals surface area (Å²) in [5.41, 5.74) is -0.493. The fourth-order valence-electron chi connectivity index (χ4n) is 1.18. The summed E-state index contributed by atoms with van der Waals surface area (Å²) in [7, 11) is -4.16. The minimum Gasteiger partial charge on any atom is -0.258 e. The van der Waals surface area contributed by atoms with Crippen LogP contribution in [-0.2, 0) is 10.0 Å². The van der Waals surface area contributed by atoms with Gasteiger partial charge in [0, 0.05) is 0 Å². The molecule has 0 aliphatic rings. The van der Waals surface area contributed by atoms with Crippen LogP contribution in [-0.4, -0.2) is 13.3 Å². The SMILES string of the molecule is Cc1ccc(Cl)c([N+](=O)[O-])c1S(N)(=O)=O. The van der Waals surface area contributed by atoms with Gasteiger partial charge in [-0.05, 0) is 18.6 Å². The molecule has 6 nitrogen and oxygen atoms in total. The maximum absolute atomic E-state index is 11.1. The Balaban J connectivity index is 3.76. The number of hydrogen-bond acceptors (Lipinski definition) is 4. The minimum absolute atomic E-state index is 0.189. The second kappa shape index (κ2) is 3.76. The summed E-state index contributed by atoms with van der Waals surface area (Å²) in [6.45, 7) is 1.41. The van der Waals surface area contributed by atoms with E-state index in [4.69, 9.17) is 16.7 Å². The first kappa shape index (κ1) is 11.9. The number of halogens is 1. The zero-order chi connectivity index (χ0) is 11.8. The first-order valence-electron chi connectivity index (χ1n) is 3.71. The van der Waals surface area contributed by atoms with Gasteiger partial charge in [-0.15, -0.1) is 0 Å². The summed E-state index contributed by atoms with van der Waals surface area (Å²) < 4.78 is 22.3. The van der Waals surface area contributed by atoms with E-state index in [0.717, 1.165) is 0 Å². The Morgan fingerprint density at radius 2 is 2.00 bits per heavy atom. The summed E-state index contributed by atoms with van der Waals surface area (Å²) >= 11 is 5.54. The van der Waals surface area contributed by atoms with Gasteiger partial charge in [0.25, 0.3) is 0 Å². The lowest BCUT2D eigenvalue weighted by Gasteiger charge is -2.05. The van der Waals surface area contributed by atoms with Crippen molar-refractivity contribution in [3.05, 3.63) is 32.8 Å². The van der Waals surface area contributed by atoms with Crippen molar-refractivity contribution in [3.63, 3.8) is 0 Å². The van der Waals surface area contributed by atoms with E-state index >= 15 is 0 Å².